The molecule has 0 unspecified atom stereocenters. The Morgan fingerprint density at radius 1 is 1.11 bits per heavy atom. The normalized spacial score (nSPS) is 16.6. The number of halogens is 3. The SMILES string of the molecule is O=C(N1CCN(c2ccccc2O)CC1)C(F)(F)F. The van der Waals surface area contributed by atoms with Gasteiger partial charge in [0.25, 0.3) is 0 Å². The molecule has 1 aromatic carbocycles. The predicted octanol–water partition coefficient (Wildman–Crippen LogP) is 1.60. The molecule has 0 aliphatic carbocycles. The number of hydrogen-bond acceptors (Lipinski definition) is 3. The van der Waals surface area contributed by atoms with Crippen LogP contribution in [0, 0.1) is 0 Å². The van der Waals surface area contributed by atoms with Gasteiger partial charge in [-0.15, -0.1) is 0 Å². The number of nitrogens with zero attached hydrogens (tertiary/aromatic N) is 2. The van der Waals surface area contributed by atoms with Crippen LogP contribution in [0.15, 0.2) is 24.3 Å². The number of benzene rings is 1. The van der Waals surface area contributed by atoms with Gasteiger partial charge in [0, 0.05) is 26.2 Å². The lowest BCUT2D eigenvalue weighted by Crippen LogP contribution is -2.52. The van der Waals surface area contributed by atoms with Crippen LogP contribution >= 0.6 is 0 Å². The zero-order chi connectivity index (χ0) is 14.0. The quantitative estimate of drug-likeness (QED) is 0.846. The molecular formula is C12H13F3N2O2. The molecule has 0 aromatic heterocycles. The molecule has 1 amide bonds. The van der Waals surface area contributed by atoms with Gasteiger partial charge >= 0.3 is 12.1 Å². The minimum Gasteiger partial charge on any atom is -0.506 e. The van der Waals surface area contributed by atoms with Crippen molar-refractivity contribution in [3.63, 3.8) is 0 Å². The van der Waals surface area contributed by atoms with Gasteiger partial charge in [-0.3, -0.25) is 4.79 Å². The van der Waals surface area contributed by atoms with Crippen LogP contribution in [-0.2, 0) is 4.79 Å². The van der Waals surface area contributed by atoms with Crippen LogP contribution in [0.2, 0.25) is 0 Å². The van der Waals surface area contributed by atoms with Gasteiger partial charge in [-0.05, 0) is 12.1 Å². The maximum Gasteiger partial charge on any atom is 0.471 e. The number of piperazine rings is 1. The summed E-state index contributed by atoms with van der Waals surface area (Å²) in [7, 11) is 0. The Balaban J connectivity index is 2.00. The third-order valence-corrected chi connectivity index (χ3v) is 3.03. The number of carbonyl (C=O) groups excluding carboxylic acids is 1. The number of phenols is 1. The number of para-hydroxylation sites is 2. The van der Waals surface area contributed by atoms with E-state index in [-0.39, 0.29) is 31.9 Å². The van der Waals surface area contributed by atoms with Gasteiger partial charge < -0.3 is 14.9 Å². The smallest absolute Gasteiger partial charge is 0.471 e. The molecule has 0 spiro atoms. The standard InChI is InChI=1S/C12H13F3N2O2/c13-12(14,15)11(19)17-7-5-16(6-8-17)9-3-1-2-4-10(9)18/h1-4,18H,5-8H2. The molecular weight excluding hydrogens is 261 g/mol. The second kappa shape index (κ2) is 4.99. The van der Waals surface area contributed by atoms with Crippen molar-refractivity contribution in [1.82, 2.24) is 4.90 Å². The molecule has 0 saturated carbocycles. The van der Waals surface area contributed by atoms with Crippen LogP contribution in [-0.4, -0.2) is 48.3 Å². The van der Waals surface area contributed by atoms with E-state index in [1.165, 1.54) is 6.07 Å². The Hall–Kier alpha value is -1.92. The molecule has 4 nitrogen and oxygen atoms in total. The summed E-state index contributed by atoms with van der Waals surface area (Å²) in [5, 5.41) is 9.66. The van der Waals surface area contributed by atoms with Crippen LogP contribution in [0.4, 0.5) is 18.9 Å². The number of hydrogen-bond donors (Lipinski definition) is 1. The molecule has 0 atom stereocenters. The van der Waals surface area contributed by atoms with E-state index < -0.39 is 12.1 Å². The lowest BCUT2D eigenvalue weighted by molar-refractivity contribution is -0.185. The molecule has 0 bridgehead atoms. The number of amides is 1. The fraction of sp³-hybridized carbons (Fsp3) is 0.417. The third-order valence-electron chi connectivity index (χ3n) is 3.03. The Bertz CT molecular complexity index is 468. The highest BCUT2D eigenvalue weighted by atomic mass is 19.4. The van der Waals surface area contributed by atoms with Gasteiger partial charge in [-0.2, -0.15) is 13.2 Å². The van der Waals surface area contributed by atoms with E-state index >= 15 is 0 Å². The highest BCUT2D eigenvalue weighted by Crippen LogP contribution is 2.28. The van der Waals surface area contributed by atoms with Gasteiger partial charge in [-0.25, -0.2) is 0 Å². The van der Waals surface area contributed by atoms with Crippen molar-refractivity contribution in [3.8, 4) is 5.75 Å². The van der Waals surface area contributed by atoms with Crippen molar-refractivity contribution in [3.05, 3.63) is 24.3 Å². The van der Waals surface area contributed by atoms with E-state index in [0.717, 1.165) is 4.90 Å². The van der Waals surface area contributed by atoms with Crippen molar-refractivity contribution in [2.45, 2.75) is 6.18 Å². The molecule has 1 heterocycles. The van der Waals surface area contributed by atoms with Gasteiger partial charge in [0.1, 0.15) is 5.75 Å². The van der Waals surface area contributed by atoms with E-state index in [2.05, 4.69) is 0 Å². The first kappa shape index (κ1) is 13.5. The maximum atomic E-state index is 12.3. The maximum absolute atomic E-state index is 12.3. The number of phenolic OH excluding ortho intramolecular Hbond substituents is 1. The van der Waals surface area contributed by atoms with E-state index in [4.69, 9.17) is 0 Å². The Morgan fingerprint density at radius 2 is 1.68 bits per heavy atom. The van der Waals surface area contributed by atoms with Gasteiger partial charge in [0.15, 0.2) is 0 Å². The summed E-state index contributed by atoms with van der Waals surface area (Å²) in [6.45, 7) is 0.512. The molecule has 0 radical (unpaired) electrons. The molecule has 1 aliphatic rings. The molecule has 1 N–H and O–H groups in total. The zero-order valence-corrected chi connectivity index (χ0v) is 10.0. The Morgan fingerprint density at radius 3 is 2.21 bits per heavy atom. The average molecular weight is 274 g/mol. The van der Waals surface area contributed by atoms with Gasteiger partial charge in [-0.1, -0.05) is 12.1 Å². The van der Waals surface area contributed by atoms with Crippen molar-refractivity contribution in [1.29, 1.82) is 0 Å². The first-order valence-electron chi connectivity index (χ1n) is 5.78. The summed E-state index contributed by atoms with van der Waals surface area (Å²) in [5.41, 5.74) is 0.571. The first-order chi connectivity index (χ1) is 8.89. The van der Waals surface area contributed by atoms with E-state index in [1.807, 2.05) is 0 Å². The molecule has 1 saturated heterocycles. The molecule has 19 heavy (non-hydrogen) atoms. The highest BCUT2D eigenvalue weighted by molar-refractivity contribution is 5.82. The average Bonchev–Trinajstić information content (AvgIpc) is 2.38. The zero-order valence-electron chi connectivity index (χ0n) is 10.0. The largest absolute Gasteiger partial charge is 0.506 e. The predicted molar refractivity (Wildman–Crippen MR) is 63.0 cm³/mol. The Labute approximate surface area is 108 Å². The summed E-state index contributed by atoms with van der Waals surface area (Å²) in [4.78, 5) is 13.6. The van der Waals surface area contributed by atoms with Gasteiger partial charge in [0.05, 0.1) is 5.69 Å². The van der Waals surface area contributed by atoms with E-state index in [1.54, 1.807) is 23.1 Å². The second-order valence-corrected chi connectivity index (χ2v) is 4.27. The molecule has 104 valence electrons. The third kappa shape index (κ3) is 2.91. The lowest BCUT2D eigenvalue weighted by Gasteiger charge is -2.36. The van der Waals surface area contributed by atoms with Gasteiger partial charge in [0.2, 0.25) is 0 Å². The van der Waals surface area contributed by atoms with Crippen LogP contribution in [0.1, 0.15) is 0 Å². The fourth-order valence-electron chi connectivity index (χ4n) is 2.06. The fourth-order valence-corrected chi connectivity index (χ4v) is 2.06. The number of carbonyl (C=O) groups is 1. The lowest BCUT2D eigenvalue weighted by atomic mass is 10.2. The van der Waals surface area contributed by atoms with E-state index in [0.29, 0.717) is 5.69 Å². The van der Waals surface area contributed by atoms with Crippen LogP contribution in [0.25, 0.3) is 0 Å². The van der Waals surface area contributed by atoms with E-state index in [9.17, 15) is 23.1 Å². The summed E-state index contributed by atoms with van der Waals surface area (Å²) < 4.78 is 36.8. The molecule has 7 heteroatoms. The highest BCUT2D eigenvalue weighted by Gasteiger charge is 2.43. The van der Waals surface area contributed by atoms with Crippen LogP contribution in [0.5, 0.6) is 5.75 Å². The van der Waals surface area contributed by atoms with Crippen molar-refractivity contribution in [2.24, 2.45) is 0 Å². The summed E-state index contributed by atoms with van der Waals surface area (Å²) >= 11 is 0. The monoisotopic (exact) mass is 274 g/mol. The van der Waals surface area contributed by atoms with Crippen molar-refractivity contribution in [2.75, 3.05) is 31.1 Å². The number of alkyl halides is 3. The molecule has 1 aliphatic heterocycles. The summed E-state index contributed by atoms with van der Waals surface area (Å²) in [6, 6.07) is 6.61. The number of rotatable bonds is 1. The first-order valence-corrected chi connectivity index (χ1v) is 5.78. The second-order valence-electron chi connectivity index (χ2n) is 4.27. The van der Waals surface area contributed by atoms with Crippen molar-refractivity contribution >= 4 is 11.6 Å². The molecule has 2 rings (SSSR count). The molecule has 1 aromatic rings. The number of anilines is 1. The number of aromatic hydroxyl groups is 1. The minimum atomic E-state index is -4.82. The minimum absolute atomic E-state index is 0.00726. The van der Waals surface area contributed by atoms with Crippen LogP contribution < -0.4 is 4.90 Å². The van der Waals surface area contributed by atoms with Crippen LogP contribution in [0.3, 0.4) is 0 Å². The topological polar surface area (TPSA) is 43.8 Å². The Kier molecular flexibility index (Phi) is 3.55. The van der Waals surface area contributed by atoms with Crippen molar-refractivity contribution < 1.29 is 23.1 Å². The summed E-state index contributed by atoms with van der Waals surface area (Å²) in [5.74, 6) is -1.72. The summed E-state index contributed by atoms with van der Waals surface area (Å²) in [6.07, 6.45) is -4.82. The molecule has 1 fully saturated rings.